The van der Waals surface area contributed by atoms with Crippen LogP contribution in [-0.4, -0.2) is 35.1 Å². The first-order chi connectivity index (χ1) is 8.10. The molecule has 4 nitrogen and oxygen atoms in total. The second kappa shape index (κ2) is 6.64. The Kier molecular flexibility index (Phi) is 5.47. The van der Waals surface area contributed by atoms with Crippen LogP contribution in [0.5, 0.6) is 0 Å². The number of rotatable bonds is 5. The number of thioether (sulfide) groups is 1. The summed E-state index contributed by atoms with van der Waals surface area (Å²) >= 11 is 1.62. The van der Waals surface area contributed by atoms with Crippen LogP contribution in [0.25, 0.3) is 0 Å². The number of methoxy groups -OCH3 is 1. The SMILES string of the molecule is CCSc1cccc(C(O)C(O)C(=O)OC)c1. The highest BCUT2D eigenvalue weighted by atomic mass is 32.2. The number of hydrogen-bond acceptors (Lipinski definition) is 5. The third kappa shape index (κ3) is 3.73. The summed E-state index contributed by atoms with van der Waals surface area (Å²) in [4.78, 5) is 12.1. The molecule has 0 bridgehead atoms. The van der Waals surface area contributed by atoms with Crippen molar-refractivity contribution in [1.29, 1.82) is 0 Å². The molecular weight excluding hydrogens is 240 g/mol. The van der Waals surface area contributed by atoms with Gasteiger partial charge in [-0.25, -0.2) is 4.79 Å². The summed E-state index contributed by atoms with van der Waals surface area (Å²) in [6, 6.07) is 7.11. The summed E-state index contributed by atoms with van der Waals surface area (Å²) in [6.45, 7) is 2.02. The quantitative estimate of drug-likeness (QED) is 0.615. The van der Waals surface area contributed by atoms with Crippen LogP contribution in [0, 0.1) is 0 Å². The van der Waals surface area contributed by atoms with E-state index in [-0.39, 0.29) is 0 Å². The molecule has 0 heterocycles. The van der Waals surface area contributed by atoms with Gasteiger partial charge in [-0.2, -0.15) is 0 Å². The highest BCUT2D eigenvalue weighted by Crippen LogP contribution is 2.24. The van der Waals surface area contributed by atoms with Crippen LogP contribution in [0.3, 0.4) is 0 Å². The van der Waals surface area contributed by atoms with Gasteiger partial charge in [0.05, 0.1) is 7.11 Å². The zero-order valence-corrected chi connectivity index (χ0v) is 10.6. The van der Waals surface area contributed by atoms with E-state index in [4.69, 9.17) is 0 Å². The molecule has 1 aromatic carbocycles. The first-order valence-corrected chi connectivity index (χ1v) is 6.25. The molecular formula is C12H16O4S. The van der Waals surface area contributed by atoms with Crippen molar-refractivity contribution in [3.63, 3.8) is 0 Å². The van der Waals surface area contributed by atoms with Gasteiger partial charge in [0.15, 0.2) is 6.10 Å². The molecule has 0 aromatic heterocycles. The summed E-state index contributed by atoms with van der Waals surface area (Å²) in [6.07, 6.45) is -2.82. The number of aliphatic hydroxyl groups is 2. The topological polar surface area (TPSA) is 66.8 Å². The van der Waals surface area contributed by atoms with E-state index in [1.165, 1.54) is 7.11 Å². The molecule has 0 aliphatic carbocycles. The summed E-state index contributed by atoms with van der Waals surface area (Å²) in [7, 11) is 1.17. The minimum Gasteiger partial charge on any atom is -0.467 e. The fraction of sp³-hybridized carbons (Fsp3) is 0.417. The lowest BCUT2D eigenvalue weighted by atomic mass is 10.0. The van der Waals surface area contributed by atoms with Gasteiger partial charge in [0.25, 0.3) is 0 Å². The van der Waals surface area contributed by atoms with Crippen LogP contribution in [-0.2, 0) is 9.53 Å². The summed E-state index contributed by atoms with van der Waals surface area (Å²) in [5.41, 5.74) is 0.501. The van der Waals surface area contributed by atoms with E-state index in [0.29, 0.717) is 5.56 Å². The maximum absolute atomic E-state index is 11.1. The highest BCUT2D eigenvalue weighted by Gasteiger charge is 2.26. The van der Waals surface area contributed by atoms with Gasteiger partial charge in [-0.05, 0) is 23.4 Å². The Morgan fingerprint density at radius 1 is 1.47 bits per heavy atom. The Hall–Kier alpha value is -1.04. The molecule has 0 amide bonds. The van der Waals surface area contributed by atoms with Crippen molar-refractivity contribution in [2.24, 2.45) is 0 Å². The lowest BCUT2D eigenvalue weighted by Crippen LogP contribution is -2.29. The van der Waals surface area contributed by atoms with E-state index < -0.39 is 18.2 Å². The molecule has 17 heavy (non-hydrogen) atoms. The Bertz CT molecular complexity index is 381. The normalized spacial score (nSPS) is 14.1. The van der Waals surface area contributed by atoms with Crippen LogP contribution in [0.2, 0.25) is 0 Å². The fourth-order valence-electron chi connectivity index (χ4n) is 1.39. The van der Waals surface area contributed by atoms with Crippen molar-refractivity contribution in [3.05, 3.63) is 29.8 Å². The van der Waals surface area contributed by atoms with Crippen molar-refractivity contribution in [3.8, 4) is 0 Å². The second-order valence-electron chi connectivity index (χ2n) is 3.42. The maximum Gasteiger partial charge on any atom is 0.337 e. The summed E-state index contributed by atoms with van der Waals surface area (Å²) in [5, 5.41) is 19.4. The van der Waals surface area contributed by atoms with E-state index in [9.17, 15) is 15.0 Å². The first kappa shape index (κ1) is 14.0. The predicted molar refractivity (Wildman–Crippen MR) is 65.8 cm³/mol. The van der Waals surface area contributed by atoms with Gasteiger partial charge in [0.2, 0.25) is 0 Å². The van der Waals surface area contributed by atoms with Gasteiger partial charge in [-0.3, -0.25) is 0 Å². The Balaban J connectivity index is 2.84. The Morgan fingerprint density at radius 3 is 2.76 bits per heavy atom. The van der Waals surface area contributed by atoms with Crippen LogP contribution in [0.15, 0.2) is 29.2 Å². The Labute approximate surface area is 105 Å². The molecule has 0 aliphatic heterocycles. The van der Waals surface area contributed by atoms with Crippen molar-refractivity contribution >= 4 is 17.7 Å². The molecule has 2 N–H and O–H groups in total. The molecule has 0 aliphatic rings. The number of ether oxygens (including phenoxy) is 1. The standard InChI is InChI=1S/C12H16O4S/c1-3-17-9-6-4-5-8(7-9)10(13)11(14)12(15)16-2/h4-7,10-11,13-14H,3H2,1-2H3. The molecule has 0 fully saturated rings. The molecule has 0 saturated heterocycles. The second-order valence-corrected chi connectivity index (χ2v) is 4.76. The largest absolute Gasteiger partial charge is 0.467 e. The minimum absolute atomic E-state index is 0.501. The lowest BCUT2D eigenvalue weighted by Gasteiger charge is -2.16. The zero-order valence-electron chi connectivity index (χ0n) is 9.79. The molecule has 0 saturated carbocycles. The highest BCUT2D eigenvalue weighted by molar-refractivity contribution is 7.99. The summed E-state index contributed by atoms with van der Waals surface area (Å²) in [5.74, 6) is 0.0742. The first-order valence-electron chi connectivity index (χ1n) is 5.26. The van der Waals surface area contributed by atoms with E-state index in [0.717, 1.165) is 10.6 Å². The molecule has 2 atom stereocenters. The van der Waals surface area contributed by atoms with Crippen molar-refractivity contribution in [2.75, 3.05) is 12.9 Å². The number of carbonyl (C=O) groups excluding carboxylic acids is 1. The molecule has 1 aromatic rings. The van der Waals surface area contributed by atoms with Crippen LogP contribution in [0.4, 0.5) is 0 Å². The average Bonchev–Trinajstić information content (AvgIpc) is 2.36. The number of aliphatic hydroxyl groups excluding tert-OH is 2. The monoisotopic (exact) mass is 256 g/mol. The minimum atomic E-state index is -1.55. The molecule has 0 spiro atoms. The van der Waals surface area contributed by atoms with Crippen LogP contribution < -0.4 is 0 Å². The molecule has 5 heteroatoms. The molecule has 0 radical (unpaired) electrons. The van der Waals surface area contributed by atoms with Crippen molar-refractivity contribution < 1.29 is 19.7 Å². The molecule has 1 rings (SSSR count). The van der Waals surface area contributed by atoms with E-state index in [1.54, 1.807) is 30.0 Å². The third-order valence-corrected chi connectivity index (χ3v) is 3.13. The van der Waals surface area contributed by atoms with E-state index >= 15 is 0 Å². The van der Waals surface area contributed by atoms with Gasteiger partial charge < -0.3 is 14.9 Å². The van der Waals surface area contributed by atoms with E-state index in [1.807, 2.05) is 13.0 Å². The third-order valence-electron chi connectivity index (χ3n) is 2.25. The lowest BCUT2D eigenvalue weighted by molar-refractivity contribution is -0.156. The van der Waals surface area contributed by atoms with Gasteiger partial charge in [0, 0.05) is 4.90 Å². The van der Waals surface area contributed by atoms with Crippen LogP contribution in [0.1, 0.15) is 18.6 Å². The number of carbonyl (C=O) groups is 1. The zero-order chi connectivity index (χ0) is 12.8. The van der Waals surface area contributed by atoms with Crippen molar-refractivity contribution in [1.82, 2.24) is 0 Å². The molecule has 94 valence electrons. The smallest absolute Gasteiger partial charge is 0.337 e. The van der Waals surface area contributed by atoms with Gasteiger partial charge in [0.1, 0.15) is 6.10 Å². The van der Waals surface area contributed by atoms with Crippen molar-refractivity contribution in [2.45, 2.75) is 24.0 Å². The average molecular weight is 256 g/mol. The number of hydrogen-bond donors (Lipinski definition) is 2. The Morgan fingerprint density at radius 2 is 2.18 bits per heavy atom. The van der Waals surface area contributed by atoms with E-state index in [2.05, 4.69) is 4.74 Å². The van der Waals surface area contributed by atoms with Gasteiger partial charge >= 0.3 is 5.97 Å². The number of esters is 1. The van der Waals surface area contributed by atoms with Gasteiger partial charge in [-0.15, -0.1) is 11.8 Å². The number of benzene rings is 1. The predicted octanol–water partition coefficient (Wildman–Crippen LogP) is 1.37. The fourth-order valence-corrected chi connectivity index (χ4v) is 2.11. The van der Waals surface area contributed by atoms with Gasteiger partial charge in [-0.1, -0.05) is 19.1 Å². The molecule has 2 unspecified atom stereocenters. The summed E-state index contributed by atoms with van der Waals surface area (Å²) < 4.78 is 4.38. The van der Waals surface area contributed by atoms with Crippen LogP contribution >= 0.6 is 11.8 Å². The maximum atomic E-state index is 11.1.